The first-order chi connectivity index (χ1) is 7.47. The Morgan fingerprint density at radius 3 is 1.88 bits per heavy atom. The molecular formula is C13H25NO3. The Balaban J connectivity index is 4.67. The van der Waals surface area contributed by atoms with Crippen molar-refractivity contribution in [1.29, 1.82) is 0 Å². The fourth-order valence-corrected chi connectivity index (χ4v) is 1.41. The van der Waals surface area contributed by atoms with E-state index in [2.05, 4.69) is 5.32 Å². The molecule has 0 aliphatic heterocycles. The number of carbonyl (C=O) groups excluding carboxylic acids is 2. The minimum Gasteiger partial charge on any atom is -0.444 e. The van der Waals surface area contributed by atoms with Gasteiger partial charge in [0.05, 0.1) is 6.04 Å². The number of hydrogen-bond donors (Lipinski definition) is 1. The summed E-state index contributed by atoms with van der Waals surface area (Å²) in [6.45, 7) is 12.9. The van der Waals surface area contributed by atoms with E-state index < -0.39 is 17.7 Å². The summed E-state index contributed by atoms with van der Waals surface area (Å²) in [5, 5.41) is 2.65. The SMILES string of the molecule is CCC(=O)C(NC(=O)OC(C)(C)C)C(C)(C)C. The fourth-order valence-electron chi connectivity index (χ4n) is 1.41. The van der Waals surface area contributed by atoms with Gasteiger partial charge in [-0.1, -0.05) is 27.7 Å². The molecule has 0 spiro atoms. The summed E-state index contributed by atoms with van der Waals surface area (Å²) in [6.07, 6.45) is -0.142. The van der Waals surface area contributed by atoms with Crippen molar-refractivity contribution >= 4 is 11.9 Å². The van der Waals surface area contributed by atoms with Gasteiger partial charge in [0.1, 0.15) is 5.60 Å². The number of nitrogens with one attached hydrogen (secondary N) is 1. The zero-order chi connectivity index (χ0) is 13.9. The number of carbonyl (C=O) groups is 2. The molecule has 0 rings (SSSR count). The highest BCUT2D eigenvalue weighted by Gasteiger charge is 2.32. The highest BCUT2D eigenvalue weighted by Crippen LogP contribution is 2.21. The molecule has 0 saturated heterocycles. The Bertz CT molecular complexity index is 284. The van der Waals surface area contributed by atoms with Gasteiger partial charge in [0.2, 0.25) is 0 Å². The number of ketones is 1. The van der Waals surface area contributed by atoms with Crippen LogP contribution in [0.3, 0.4) is 0 Å². The molecule has 0 fully saturated rings. The Hall–Kier alpha value is -1.06. The smallest absolute Gasteiger partial charge is 0.408 e. The van der Waals surface area contributed by atoms with E-state index in [1.165, 1.54) is 0 Å². The summed E-state index contributed by atoms with van der Waals surface area (Å²) in [7, 11) is 0. The summed E-state index contributed by atoms with van der Waals surface area (Å²) in [4.78, 5) is 23.4. The first-order valence-corrected chi connectivity index (χ1v) is 5.99. The maximum atomic E-state index is 11.8. The van der Waals surface area contributed by atoms with E-state index in [0.29, 0.717) is 6.42 Å². The second-order valence-electron chi connectivity index (χ2n) is 6.27. The van der Waals surface area contributed by atoms with Crippen LogP contribution in [0, 0.1) is 5.41 Å². The van der Waals surface area contributed by atoms with Crippen LogP contribution in [0.2, 0.25) is 0 Å². The molecule has 1 atom stereocenters. The largest absolute Gasteiger partial charge is 0.444 e. The summed E-state index contributed by atoms with van der Waals surface area (Å²) in [5.74, 6) is 0.0170. The molecule has 4 nitrogen and oxygen atoms in total. The molecular weight excluding hydrogens is 218 g/mol. The van der Waals surface area contributed by atoms with Gasteiger partial charge in [-0.2, -0.15) is 0 Å². The van der Waals surface area contributed by atoms with E-state index in [-0.39, 0.29) is 11.2 Å². The van der Waals surface area contributed by atoms with Crippen molar-refractivity contribution < 1.29 is 14.3 Å². The molecule has 0 saturated carbocycles. The molecule has 0 aliphatic rings. The normalized spacial score (nSPS) is 14.1. The Kier molecular flexibility index (Phi) is 5.17. The van der Waals surface area contributed by atoms with Crippen molar-refractivity contribution in [2.24, 2.45) is 5.41 Å². The third-order valence-electron chi connectivity index (χ3n) is 2.20. The van der Waals surface area contributed by atoms with E-state index in [4.69, 9.17) is 4.74 Å². The van der Waals surface area contributed by atoms with Gasteiger partial charge in [-0.05, 0) is 26.2 Å². The third kappa shape index (κ3) is 6.29. The molecule has 0 aromatic heterocycles. The quantitative estimate of drug-likeness (QED) is 0.829. The third-order valence-corrected chi connectivity index (χ3v) is 2.20. The van der Waals surface area contributed by atoms with Gasteiger partial charge in [-0.15, -0.1) is 0 Å². The molecule has 100 valence electrons. The van der Waals surface area contributed by atoms with Gasteiger partial charge in [-0.3, -0.25) is 4.79 Å². The van der Waals surface area contributed by atoms with Crippen LogP contribution < -0.4 is 5.32 Å². The van der Waals surface area contributed by atoms with Crippen LogP contribution in [-0.2, 0) is 9.53 Å². The number of Topliss-reactive ketones (excluding diaryl/α,β-unsaturated/α-hetero) is 1. The van der Waals surface area contributed by atoms with Crippen molar-refractivity contribution in [1.82, 2.24) is 5.32 Å². The van der Waals surface area contributed by atoms with Gasteiger partial charge in [0.25, 0.3) is 0 Å². The lowest BCUT2D eigenvalue weighted by Gasteiger charge is -2.31. The van der Waals surface area contributed by atoms with Crippen LogP contribution in [0.5, 0.6) is 0 Å². The van der Waals surface area contributed by atoms with Gasteiger partial charge in [0.15, 0.2) is 5.78 Å². The standard InChI is InChI=1S/C13H25NO3/c1-8-9(15)10(12(2,3)4)14-11(16)17-13(5,6)7/h10H,8H2,1-7H3,(H,14,16). The Morgan fingerprint density at radius 1 is 1.12 bits per heavy atom. The summed E-state index contributed by atoms with van der Waals surface area (Å²) in [5.41, 5.74) is -0.869. The second kappa shape index (κ2) is 5.52. The topological polar surface area (TPSA) is 55.4 Å². The number of alkyl carbamates (subject to hydrolysis) is 1. The average molecular weight is 243 g/mol. The first-order valence-electron chi connectivity index (χ1n) is 5.99. The van der Waals surface area contributed by atoms with E-state index in [9.17, 15) is 9.59 Å². The maximum Gasteiger partial charge on any atom is 0.408 e. The van der Waals surface area contributed by atoms with Crippen molar-refractivity contribution in [3.05, 3.63) is 0 Å². The molecule has 0 aromatic carbocycles. The van der Waals surface area contributed by atoms with E-state index in [1.54, 1.807) is 27.7 Å². The van der Waals surface area contributed by atoms with Crippen LogP contribution in [0.4, 0.5) is 4.79 Å². The van der Waals surface area contributed by atoms with E-state index in [1.807, 2.05) is 20.8 Å². The van der Waals surface area contributed by atoms with Crippen LogP contribution in [0.15, 0.2) is 0 Å². The Morgan fingerprint density at radius 2 is 1.59 bits per heavy atom. The van der Waals surface area contributed by atoms with Gasteiger partial charge in [0, 0.05) is 6.42 Å². The van der Waals surface area contributed by atoms with Crippen LogP contribution >= 0.6 is 0 Å². The minimum absolute atomic E-state index is 0.0170. The monoisotopic (exact) mass is 243 g/mol. The molecule has 0 aromatic rings. The fraction of sp³-hybridized carbons (Fsp3) is 0.846. The van der Waals surface area contributed by atoms with Crippen LogP contribution in [0.25, 0.3) is 0 Å². The van der Waals surface area contributed by atoms with E-state index in [0.717, 1.165) is 0 Å². The maximum absolute atomic E-state index is 11.8. The first kappa shape index (κ1) is 15.9. The molecule has 1 amide bonds. The highest BCUT2D eigenvalue weighted by atomic mass is 16.6. The van der Waals surface area contributed by atoms with Gasteiger partial charge >= 0.3 is 6.09 Å². The van der Waals surface area contributed by atoms with Crippen molar-refractivity contribution in [3.8, 4) is 0 Å². The second-order valence-corrected chi connectivity index (χ2v) is 6.27. The zero-order valence-corrected chi connectivity index (χ0v) is 12.0. The average Bonchev–Trinajstić information content (AvgIpc) is 2.08. The summed E-state index contributed by atoms with van der Waals surface area (Å²) in [6, 6.07) is -0.512. The Labute approximate surface area is 104 Å². The van der Waals surface area contributed by atoms with E-state index >= 15 is 0 Å². The van der Waals surface area contributed by atoms with Crippen LogP contribution in [0.1, 0.15) is 54.9 Å². The number of ether oxygens (including phenoxy) is 1. The molecule has 0 bridgehead atoms. The lowest BCUT2D eigenvalue weighted by atomic mass is 9.83. The minimum atomic E-state index is -0.554. The predicted octanol–water partition coefficient (Wildman–Crippen LogP) is 2.90. The number of hydrogen-bond acceptors (Lipinski definition) is 3. The lowest BCUT2D eigenvalue weighted by Crippen LogP contribution is -2.50. The molecule has 1 N–H and O–H groups in total. The summed E-state index contributed by atoms with van der Waals surface area (Å²) < 4.78 is 5.16. The predicted molar refractivity (Wildman–Crippen MR) is 67.9 cm³/mol. The van der Waals surface area contributed by atoms with Gasteiger partial charge in [-0.25, -0.2) is 4.79 Å². The molecule has 1 unspecified atom stereocenters. The molecule has 0 radical (unpaired) electrons. The number of rotatable bonds is 3. The molecule has 0 heterocycles. The molecule has 0 aliphatic carbocycles. The van der Waals surface area contributed by atoms with Crippen molar-refractivity contribution in [2.75, 3.05) is 0 Å². The molecule has 17 heavy (non-hydrogen) atoms. The lowest BCUT2D eigenvalue weighted by molar-refractivity contribution is -0.123. The summed E-state index contributed by atoms with van der Waals surface area (Å²) >= 11 is 0. The van der Waals surface area contributed by atoms with Crippen molar-refractivity contribution in [3.63, 3.8) is 0 Å². The van der Waals surface area contributed by atoms with Crippen LogP contribution in [-0.4, -0.2) is 23.5 Å². The highest BCUT2D eigenvalue weighted by molar-refractivity contribution is 5.87. The van der Waals surface area contributed by atoms with Crippen molar-refractivity contribution in [2.45, 2.75) is 66.5 Å². The number of amides is 1. The van der Waals surface area contributed by atoms with Gasteiger partial charge < -0.3 is 10.1 Å². The zero-order valence-electron chi connectivity index (χ0n) is 12.0. The molecule has 4 heteroatoms.